The number of halogens is 1. The third-order valence-electron chi connectivity index (χ3n) is 8.19. The largest absolute Gasteiger partial charge is 0.486 e. The molecule has 41 heavy (non-hydrogen) atoms. The highest BCUT2D eigenvalue weighted by Crippen LogP contribution is 2.25. The Morgan fingerprint density at radius 2 is 1.83 bits per heavy atom. The Kier molecular flexibility index (Phi) is 9.97. The zero-order valence-electron chi connectivity index (χ0n) is 24.3. The second-order valence-corrected chi connectivity index (χ2v) is 11.4. The van der Waals surface area contributed by atoms with Crippen LogP contribution in [0, 0.1) is 6.92 Å². The Bertz CT molecular complexity index is 1420. The van der Waals surface area contributed by atoms with Crippen LogP contribution >= 0.6 is 11.6 Å². The predicted molar refractivity (Wildman–Crippen MR) is 168 cm³/mol. The molecule has 7 heteroatoms. The average Bonchev–Trinajstić information content (AvgIpc) is 3.36. The van der Waals surface area contributed by atoms with Crippen molar-refractivity contribution in [2.45, 2.75) is 71.6 Å². The highest BCUT2D eigenvalue weighted by molar-refractivity contribution is 6.30. The van der Waals surface area contributed by atoms with Gasteiger partial charge in [0.15, 0.2) is 0 Å². The van der Waals surface area contributed by atoms with Crippen molar-refractivity contribution in [2.75, 3.05) is 24.5 Å². The summed E-state index contributed by atoms with van der Waals surface area (Å²) in [7, 11) is 0. The lowest BCUT2D eigenvalue weighted by molar-refractivity contribution is -0.119. The summed E-state index contributed by atoms with van der Waals surface area (Å²) in [6.07, 6.45) is 6.14. The molecule has 1 unspecified atom stereocenters. The van der Waals surface area contributed by atoms with Gasteiger partial charge in [0.05, 0.1) is 11.0 Å². The van der Waals surface area contributed by atoms with Gasteiger partial charge in [0, 0.05) is 42.8 Å². The van der Waals surface area contributed by atoms with Crippen LogP contribution < -0.4 is 9.64 Å². The minimum absolute atomic E-state index is 0.217. The first-order valence-electron chi connectivity index (χ1n) is 15.0. The number of aryl methyl sites for hydroxylation is 2. The molecule has 216 valence electrons. The zero-order valence-corrected chi connectivity index (χ0v) is 25.0. The Morgan fingerprint density at radius 3 is 2.61 bits per heavy atom. The van der Waals surface area contributed by atoms with Crippen LogP contribution in [0.4, 0.5) is 5.69 Å². The Hall–Kier alpha value is -3.35. The van der Waals surface area contributed by atoms with Gasteiger partial charge in [-0.1, -0.05) is 48.4 Å². The maximum Gasteiger partial charge on any atom is 0.227 e. The molecule has 1 aliphatic heterocycles. The van der Waals surface area contributed by atoms with Gasteiger partial charge in [-0.15, -0.1) is 0 Å². The molecule has 0 radical (unpaired) electrons. The highest BCUT2D eigenvalue weighted by Gasteiger charge is 2.24. The monoisotopic (exact) mass is 572 g/mol. The number of ether oxygens (including phenoxy) is 1. The molecule has 1 amide bonds. The lowest BCUT2D eigenvalue weighted by Crippen LogP contribution is -2.41. The molecule has 3 aromatic carbocycles. The number of likely N-dealkylation sites (tertiary alicyclic amines) is 1. The number of benzene rings is 3. The molecule has 0 bridgehead atoms. The molecule has 1 aromatic heterocycles. The summed E-state index contributed by atoms with van der Waals surface area (Å²) < 4.78 is 8.42. The van der Waals surface area contributed by atoms with E-state index in [1.54, 1.807) is 0 Å². The maximum atomic E-state index is 13.1. The van der Waals surface area contributed by atoms with Gasteiger partial charge >= 0.3 is 0 Å². The molecule has 0 spiro atoms. The molecule has 1 saturated heterocycles. The lowest BCUT2D eigenvalue weighted by Gasteiger charge is -2.36. The van der Waals surface area contributed by atoms with Crippen LogP contribution in [0.5, 0.6) is 5.75 Å². The maximum absolute atomic E-state index is 13.1. The number of carbonyl (C=O) groups is 1. The van der Waals surface area contributed by atoms with Crippen molar-refractivity contribution in [3.63, 3.8) is 0 Å². The smallest absolute Gasteiger partial charge is 0.227 e. The zero-order chi connectivity index (χ0) is 28.6. The highest BCUT2D eigenvalue weighted by atomic mass is 35.5. The van der Waals surface area contributed by atoms with Gasteiger partial charge in [0.1, 0.15) is 18.2 Å². The summed E-state index contributed by atoms with van der Waals surface area (Å²) in [5, 5.41) is 0.694. The number of carbonyl (C=O) groups excluding carboxylic acids is 1. The van der Waals surface area contributed by atoms with E-state index in [-0.39, 0.29) is 5.91 Å². The predicted octanol–water partition coefficient (Wildman–Crippen LogP) is 7.66. The fourth-order valence-corrected chi connectivity index (χ4v) is 6.15. The summed E-state index contributed by atoms with van der Waals surface area (Å²) in [5.74, 6) is 1.93. The third kappa shape index (κ3) is 7.30. The van der Waals surface area contributed by atoms with Gasteiger partial charge in [0.25, 0.3) is 0 Å². The molecule has 1 aliphatic rings. The standard InChI is InChI=1S/C34H41ClN4O2/c1-3-38(29-13-5-4-6-14-29)33(40)21-18-28-12-7-8-22-37(28)23-10-24-39-31-15-9-11-26(2)34(31)36-32(39)25-41-30-19-16-27(35)17-20-30/h4-6,9,11,13-17,19-20,28H,3,7-8,10,12,18,21-25H2,1-2H3. The van der Waals surface area contributed by atoms with Gasteiger partial charge in [-0.3, -0.25) is 4.79 Å². The first-order valence-corrected chi connectivity index (χ1v) is 15.3. The van der Waals surface area contributed by atoms with E-state index in [0.717, 1.165) is 67.2 Å². The number of para-hydroxylation sites is 2. The second kappa shape index (κ2) is 14.0. The van der Waals surface area contributed by atoms with Crippen LogP contribution in [0.2, 0.25) is 5.02 Å². The van der Waals surface area contributed by atoms with Gasteiger partial charge < -0.3 is 19.1 Å². The van der Waals surface area contributed by atoms with E-state index in [2.05, 4.69) is 34.6 Å². The first-order chi connectivity index (χ1) is 20.0. The molecule has 5 rings (SSSR count). The molecule has 0 saturated carbocycles. The fraction of sp³-hybridized carbons (Fsp3) is 0.412. The Labute approximate surface area is 248 Å². The molecule has 1 fully saturated rings. The molecular weight excluding hydrogens is 532 g/mol. The third-order valence-corrected chi connectivity index (χ3v) is 8.45. The van der Waals surface area contributed by atoms with Crippen molar-refractivity contribution in [2.24, 2.45) is 0 Å². The van der Waals surface area contributed by atoms with E-state index in [0.29, 0.717) is 30.6 Å². The molecule has 1 atom stereocenters. The average molecular weight is 573 g/mol. The fourth-order valence-electron chi connectivity index (χ4n) is 6.02. The van der Waals surface area contributed by atoms with Crippen molar-refractivity contribution in [3.8, 4) is 5.75 Å². The molecular formula is C34H41ClN4O2. The Balaban J connectivity index is 1.21. The number of amides is 1. The molecule has 0 aliphatic carbocycles. The number of anilines is 1. The van der Waals surface area contributed by atoms with E-state index < -0.39 is 0 Å². The van der Waals surface area contributed by atoms with E-state index in [9.17, 15) is 4.79 Å². The number of hydrogen-bond acceptors (Lipinski definition) is 4. The molecule has 4 aromatic rings. The minimum Gasteiger partial charge on any atom is -0.486 e. The number of fused-ring (bicyclic) bond motifs is 1. The van der Waals surface area contributed by atoms with Gasteiger partial charge in [0.2, 0.25) is 5.91 Å². The van der Waals surface area contributed by atoms with Crippen LogP contribution in [-0.2, 0) is 17.9 Å². The van der Waals surface area contributed by atoms with Gasteiger partial charge in [-0.25, -0.2) is 4.98 Å². The quantitative estimate of drug-likeness (QED) is 0.175. The number of imidazole rings is 1. The summed E-state index contributed by atoms with van der Waals surface area (Å²) >= 11 is 6.04. The number of nitrogens with zero attached hydrogens (tertiary/aromatic N) is 4. The van der Waals surface area contributed by atoms with Gasteiger partial charge in [-0.2, -0.15) is 0 Å². The summed E-state index contributed by atoms with van der Waals surface area (Å²) in [5.41, 5.74) is 4.35. The van der Waals surface area contributed by atoms with Crippen LogP contribution in [0.25, 0.3) is 11.0 Å². The van der Waals surface area contributed by atoms with Crippen LogP contribution in [0.15, 0.2) is 72.8 Å². The van der Waals surface area contributed by atoms with Crippen LogP contribution in [-0.4, -0.2) is 46.0 Å². The summed E-state index contributed by atoms with van der Waals surface area (Å²) in [6, 6.07) is 24.3. The number of rotatable bonds is 12. The number of hydrogen-bond donors (Lipinski definition) is 0. The summed E-state index contributed by atoms with van der Waals surface area (Å²) in [6.45, 7) is 8.25. The van der Waals surface area contributed by atoms with Crippen molar-refractivity contribution < 1.29 is 9.53 Å². The van der Waals surface area contributed by atoms with Crippen molar-refractivity contribution in [3.05, 3.63) is 89.2 Å². The van der Waals surface area contributed by atoms with Gasteiger partial charge in [-0.05, 0) is 94.1 Å². The van der Waals surface area contributed by atoms with Crippen LogP contribution in [0.1, 0.15) is 56.8 Å². The normalized spacial score (nSPS) is 15.7. The van der Waals surface area contributed by atoms with Crippen molar-refractivity contribution >= 4 is 34.2 Å². The lowest BCUT2D eigenvalue weighted by atomic mass is 9.97. The molecule has 0 N–H and O–H groups in total. The minimum atomic E-state index is 0.217. The summed E-state index contributed by atoms with van der Waals surface area (Å²) in [4.78, 5) is 22.6. The Morgan fingerprint density at radius 1 is 1.02 bits per heavy atom. The van der Waals surface area contributed by atoms with E-state index >= 15 is 0 Å². The molecule has 2 heterocycles. The van der Waals surface area contributed by atoms with Crippen LogP contribution in [0.3, 0.4) is 0 Å². The number of piperidine rings is 1. The number of aromatic nitrogens is 2. The SMILES string of the molecule is CCN(C(=O)CCC1CCCCN1CCCn1c(COc2ccc(Cl)cc2)nc2c(C)cccc21)c1ccccc1. The molecule has 6 nitrogen and oxygen atoms in total. The van der Waals surface area contributed by atoms with E-state index in [1.165, 1.54) is 18.4 Å². The van der Waals surface area contributed by atoms with E-state index in [4.69, 9.17) is 21.3 Å². The topological polar surface area (TPSA) is 50.6 Å². The second-order valence-electron chi connectivity index (χ2n) is 10.9. The van der Waals surface area contributed by atoms with E-state index in [1.807, 2.05) is 66.4 Å². The van der Waals surface area contributed by atoms with Crippen molar-refractivity contribution in [1.82, 2.24) is 14.5 Å². The first kappa shape index (κ1) is 29.2. The van der Waals surface area contributed by atoms with Crippen molar-refractivity contribution in [1.29, 1.82) is 0 Å².